The fourth-order valence-corrected chi connectivity index (χ4v) is 3.60. The van der Waals surface area contributed by atoms with Crippen LogP contribution in [0.25, 0.3) is 0 Å². The minimum Gasteiger partial charge on any atom is -0.454 e. The number of rotatable bonds is 3. The van der Waals surface area contributed by atoms with Gasteiger partial charge in [0.25, 0.3) is 0 Å². The molecule has 1 aliphatic carbocycles. The lowest BCUT2D eigenvalue weighted by Crippen LogP contribution is -2.36. The van der Waals surface area contributed by atoms with E-state index >= 15 is 0 Å². The first-order valence-electron chi connectivity index (χ1n) is 9.19. The highest BCUT2D eigenvalue weighted by Crippen LogP contribution is 2.33. The largest absolute Gasteiger partial charge is 0.454 e. The number of Topliss-reactive ketones (excluding diaryl/α,β-unsaturated/α-hetero) is 1. The van der Waals surface area contributed by atoms with Gasteiger partial charge in [0, 0.05) is 18.4 Å². The second-order valence-electron chi connectivity index (χ2n) is 7.50. The smallest absolute Gasteiger partial charge is 0.334 e. The van der Waals surface area contributed by atoms with Crippen molar-refractivity contribution >= 4 is 23.5 Å². The Balaban J connectivity index is 2.56. The topological polar surface area (TPSA) is 86.7 Å². The van der Waals surface area contributed by atoms with Crippen LogP contribution in [-0.2, 0) is 28.7 Å². The number of esters is 2. The maximum absolute atomic E-state index is 13.0. The maximum Gasteiger partial charge on any atom is 0.334 e. The minimum atomic E-state index is -1.10. The second-order valence-corrected chi connectivity index (χ2v) is 7.50. The Morgan fingerprint density at radius 3 is 2.32 bits per heavy atom. The lowest BCUT2D eigenvalue weighted by atomic mass is 9.83. The van der Waals surface area contributed by atoms with Gasteiger partial charge in [0.1, 0.15) is 6.10 Å². The van der Waals surface area contributed by atoms with Crippen LogP contribution in [0.1, 0.15) is 40.5 Å². The van der Waals surface area contributed by atoms with Crippen LogP contribution in [0.5, 0.6) is 0 Å². The van der Waals surface area contributed by atoms with Gasteiger partial charge in [-0.05, 0) is 51.3 Å². The Hall–Kier alpha value is -2.76. The number of carbonyl (C=O) groups excluding carboxylic acids is 4. The molecule has 1 aliphatic heterocycles. The van der Waals surface area contributed by atoms with E-state index in [0.717, 1.165) is 0 Å². The molecule has 0 amide bonds. The molecule has 0 saturated heterocycles. The lowest BCUT2D eigenvalue weighted by molar-refractivity contribution is -0.154. The molecule has 2 bridgehead atoms. The van der Waals surface area contributed by atoms with Gasteiger partial charge < -0.3 is 9.47 Å². The third-order valence-corrected chi connectivity index (χ3v) is 5.06. The highest BCUT2D eigenvalue weighted by molar-refractivity contribution is 6.07. The number of fused-ring (bicyclic) bond motifs is 1. The normalized spacial score (nSPS) is 30.2. The molecule has 0 aromatic carbocycles. The van der Waals surface area contributed by atoms with Gasteiger partial charge in [0.05, 0.1) is 5.92 Å². The maximum atomic E-state index is 13.0. The molecule has 0 spiro atoms. The highest BCUT2D eigenvalue weighted by atomic mass is 16.6. The van der Waals surface area contributed by atoms with Crippen LogP contribution in [0.4, 0.5) is 0 Å². The number of hydrogen-bond acceptors (Lipinski definition) is 6. The average molecular weight is 386 g/mol. The van der Waals surface area contributed by atoms with Gasteiger partial charge in [-0.2, -0.15) is 0 Å². The van der Waals surface area contributed by atoms with Crippen molar-refractivity contribution in [2.24, 2.45) is 11.8 Å². The van der Waals surface area contributed by atoms with Crippen molar-refractivity contribution in [3.05, 3.63) is 47.6 Å². The monoisotopic (exact) mass is 386 g/mol. The van der Waals surface area contributed by atoms with Crippen LogP contribution in [-0.4, -0.2) is 35.7 Å². The molecule has 6 heteroatoms. The summed E-state index contributed by atoms with van der Waals surface area (Å²) in [5.74, 6) is -3.18. The van der Waals surface area contributed by atoms with Crippen molar-refractivity contribution in [3.8, 4) is 0 Å². The first kappa shape index (κ1) is 21.5. The second kappa shape index (κ2) is 8.50. The molecule has 0 aromatic heterocycles. The Morgan fingerprint density at radius 1 is 1.14 bits per heavy atom. The van der Waals surface area contributed by atoms with E-state index in [4.69, 9.17) is 9.47 Å². The summed E-state index contributed by atoms with van der Waals surface area (Å²) < 4.78 is 10.7. The van der Waals surface area contributed by atoms with Crippen molar-refractivity contribution in [1.29, 1.82) is 0 Å². The molecule has 4 atom stereocenters. The first-order chi connectivity index (χ1) is 13.0. The Bertz CT molecular complexity index is 813. The van der Waals surface area contributed by atoms with Crippen LogP contribution < -0.4 is 0 Å². The molecular formula is C22H26O6. The van der Waals surface area contributed by atoms with Crippen molar-refractivity contribution in [3.63, 3.8) is 0 Å². The van der Waals surface area contributed by atoms with E-state index in [1.165, 1.54) is 19.9 Å². The van der Waals surface area contributed by atoms with Gasteiger partial charge in [-0.25, -0.2) is 4.79 Å². The molecule has 2 rings (SSSR count). The molecule has 28 heavy (non-hydrogen) atoms. The number of carbonyl (C=O) groups is 4. The van der Waals surface area contributed by atoms with Crippen LogP contribution >= 0.6 is 0 Å². The molecule has 0 saturated carbocycles. The van der Waals surface area contributed by atoms with Crippen molar-refractivity contribution in [2.75, 3.05) is 0 Å². The van der Waals surface area contributed by atoms with E-state index < -0.39 is 41.8 Å². The van der Waals surface area contributed by atoms with Gasteiger partial charge in [0.15, 0.2) is 17.7 Å². The Labute approximate surface area is 165 Å². The van der Waals surface area contributed by atoms with Crippen LogP contribution in [0, 0.1) is 11.8 Å². The highest BCUT2D eigenvalue weighted by Gasteiger charge is 2.39. The molecule has 0 radical (unpaired) electrons. The van der Waals surface area contributed by atoms with Gasteiger partial charge >= 0.3 is 11.9 Å². The fraction of sp³-hybridized carbons (Fsp3) is 0.455. The van der Waals surface area contributed by atoms with Crippen molar-refractivity contribution in [1.82, 2.24) is 0 Å². The number of allylic oxidation sites excluding steroid dienone is 1. The lowest BCUT2D eigenvalue weighted by Gasteiger charge is -2.26. The van der Waals surface area contributed by atoms with E-state index in [9.17, 15) is 19.2 Å². The minimum absolute atomic E-state index is 0.169. The third-order valence-electron chi connectivity index (χ3n) is 5.06. The van der Waals surface area contributed by atoms with Crippen LogP contribution in [0.2, 0.25) is 0 Å². The number of hydrogen-bond donors (Lipinski definition) is 0. The van der Waals surface area contributed by atoms with Crippen molar-refractivity contribution < 1.29 is 28.7 Å². The number of ether oxygens (including phenoxy) is 2. The fourth-order valence-electron chi connectivity index (χ4n) is 3.60. The molecule has 6 nitrogen and oxygen atoms in total. The molecule has 0 fully saturated rings. The zero-order valence-electron chi connectivity index (χ0n) is 16.7. The predicted molar refractivity (Wildman–Crippen MR) is 103 cm³/mol. The van der Waals surface area contributed by atoms with Gasteiger partial charge in [0.2, 0.25) is 0 Å². The Morgan fingerprint density at radius 2 is 1.79 bits per heavy atom. The van der Waals surface area contributed by atoms with Crippen LogP contribution in [0.15, 0.2) is 47.6 Å². The van der Waals surface area contributed by atoms with E-state index in [-0.39, 0.29) is 11.4 Å². The van der Waals surface area contributed by atoms with E-state index in [2.05, 4.69) is 13.2 Å². The first-order valence-corrected chi connectivity index (χ1v) is 9.19. The summed E-state index contributed by atoms with van der Waals surface area (Å²) in [6, 6.07) is 0. The molecule has 2 aliphatic rings. The molecule has 150 valence electrons. The van der Waals surface area contributed by atoms with Crippen LogP contribution in [0.3, 0.4) is 0 Å². The molecule has 1 heterocycles. The van der Waals surface area contributed by atoms with E-state index in [0.29, 0.717) is 29.6 Å². The summed E-state index contributed by atoms with van der Waals surface area (Å²) in [5.41, 5.74) is 1.79. The molecule has 0 aromatic rings. The predicted octanol–water partition coefficient (Wildman–Crippen LogP) is 3.03. The zero-order chi connectivity index (χ0) is 21.2. The van der Waals surface area contributed by atoms with Gasteiger partial charge in [-0.3, -0.25) is 14.4 Å². The quantitative estimate of drug-likeness (QED) is 0.547. The number of ketones is 2. The average Bonchev–Trinajstić information content (AvgIpc) is 2.91. The summed E-state index contributed by atoms with van der Waals surface area (Å²) in [6.45, 7) is 13.9. The molecule has 0 N–H and O–H groups in total. The van der Waals surface area contributed by atoms with E-state index in [1.807, 2.05) is 0 Å². The summed E-state index contributed by atoms with van der Waals surface area (Å²) >= 11 is 0. The molecular weight excluding hydrogens is 360 g/mol. The molecule has 0 unspecified atom stereocenters. The Kier molecular flexibility index (Phi) is 6.54. The van der Waals surface area contributed by atoms with Gasteiger partial charge in [-0.1, -0.05) is 24.3 Å². The zero-order valence-corrected chi connectivity index (χ0v) is 16.7. The summed E-state index contributed by atoms with van der Waals surface area (Å²) in [4.78, 5) is 49.7. The third kappa shape index (κ3) is 4.55. The SMILES string of the molecule is C=C(C)[C@H]1C(=O)/C=C(/C)C(=O)[C@@H](OC(C)=O)[C@H](C(=C)C)CCC2=C[C@H]1OC2=O. The standard InChI is InChI=1S/C22H26O6/c1-11(2)16-8-7-15-10-18(28-22(15)26)19(12(3)4)17(24)9-13(5)20(25)21(16)27-14(6)23/h9-10,16,18-19,21H,1,3,7-8H2,2,4-6H3/b13-9-/t16-,18+,19-,21-/m0/s1. The van der Waals surface area contributed by atoms with Crippen molar-refractivity contribution in [2.45, 2.75) is 52.7 Å². The van der Waals surface area contributed by atoms with E-state index in [1.54, 1.807) is 19.9 Å². The summed E-state index contributed by atoms with van der Waals surface area (Å²) in [7, 11) is 0. The summed E-state index contributed by atoms with van der Waals surface area (Å²) in [6.07, 6.45) is 1.73. The van der Waals surface area contributed by atoms with Gasteiger partial charge in [-0.15, -0.1) is 0 Å². The summed E-state index contributed by atoms with van der Waals surface area (Å²) in [5, 5.41) is 0.